The second-order valence-electron chi connectivity index (χ2n) is 10.0. The molecule has 0 radical (unpaired) electrons. The van der Waals surface area contributed by atoms with Crippen molar-refractivity contribution < 1.29 is 22.7 Å². The lowest BCUT2D eigenvalue weighted by molar-refractivity contribution is -0.189. The molecular formula is C27H31F3N4O2S. The third-order valence-electron chi connectivity index (χ3n) is 7.45. The zero-order chi connectivity index (χ0) is 26.0. The van der Waals surface area contributed by atoms with E-state index >= 15 is 0 Å². The Morgan fingerprint density at radius 3 is 2.81 bits per heavy atom. The summed E-state index contributed by atoms with van der Waals surface area (Å²) >= 11 is 1.23. The third kappa shape index (κ3) is 6.23. The number of alkyl halides is 3. The van der Waals surface area contributed by atoms with Crippen molar-refractivity contribution in [1.29, 1.82) is 0 Å². The van der Waals surface area contributed by atoms with E-state index in [9.17, 15) is 18.0 Å². The van der Waals surface area contributed by atoms with Crippen molar-refractivity contribution in [2.45, 2.75) is 70.3 Å². The van der Waals surface area contributed by atoms with E-state index in [-0.39, 0.29) is 17.1 Å². The first-order valence-electron chi connectivity index (χ1n) is 12.8. The standard InChI is InChI=1S/C27H31F3N4O2S/c1-17(27(28,29)30)36-26-33-23-16-34(15-12-24(23)37-26)14-11-18-7-9-19(10-8-18)32-25(35)21-4-2-6-22-20(21)5-3-13-31-22/h2-6,13,17-19H,7-12,14-16H2,1H3,(H,32,35). The van der Waals surface area contributed by atoms with E-state index in [1.165, 1.54) is 11.3 Å². The summed E-state index contributed by atoms with van der Waals surface area (Å²) < 4.78 is 43.4. The van der Waals surface area contributed by atoms with Gasteiger partial charge in [-0.25, -0.2) is 4.98 Å². The van der Waals surface area contributed by atoms with Crippen LogP contribution in [0.25, 0.3) is 10.9 Å². The molecule has 3 aromatic rings. The molecule has 198 valence electrons. The number of aromatic nitrogens is 2. The van der Waals surface area contributed by atoms with Gasteiger partial charge in [0.25, 0.3) is 11.1 Å². The summed E-state index contributed by atoms with van der Waals surface area (Å²) in [6.07, 6.45) is 1.42. The number of benzene rings is 1. The van der Waals surface area contributed by atoms with Gasteiger partial charge in [0.05, 0.1) is 11.2 Å². The summed E-state index contributed by atoms with van der Waals surface area (Å²) in [6.45, 7) is 3.49. The van der Waals surface area contributed by atoms with Crippen molar-refractivity contribution in [2.75, 3.05) is 13.1 Å². The summed E-state index contributed by atoms with van der Waals surface area (Å²) in [4.78, 5) is 25.0. The Bertz CT molecular complexity index is 1230. The van der Waals surface area contributed by atoms with Gasteiger partial charge in [-0.05, 0) is 76.1 Å². The predicted molar refractivity (Wildman–Crippen MR) is 137 cm³/mol. The fourth-order valence-electron chi connectivity index (χ4n) is 5.21. The summed E-state index contributed by atoms with van der Waals surface area (Å²) in [5.41, 5.74) is 2.33. The van der Waals surface area contributed by atoms with Crippen molar-refractivity contribution in [3.8, 4) is 5.19 Å². The molecule has 1 N–H and O–H groups in total. The van der Waals surface area contributed by atoms with Gasteiger partial charge in [-0.2, -0.15) is 13.2 Å². The highest BCUT2D eigenvalue weighted by atomic mass is 32.1. The van der Waals surface area contributed by atoms with E-state index in [1.54, 1.807) is 6.20 Å². The van der Waals surface area contributed by atoms with Crippen LogP contribution in [-0.2, 0) is 13.0 Å². The Morgan fingerprint density at radius 2 is 2.03 bits per heavy atom. The summed E-state index contributed by atoms with van der Waals surface area (Å²) in [5, 5.41) is 4.20. The molecule has 1 fully saturated rings. The van der Waals surface area contributed by atoms with E-state index in [0.29, 0.717) is 18.0 Å². The first-order chi connectivity index (χ1) is 17.8. The molecule has 1 aromatic carbocycles. The molecule has 6 nitrogen and oxygen atoms in total. The van der Waals surface area contributed by atoms with E-state index < -0.39 is 12.3 Å². The number of carbonyl (C=O) groups is 1. The van der Waals surface area contributed by atoms with Gasteiger partial charge in [0.1, 0.15) is 0 Å². The van der Waals surface area contributed by atoms with E-state index in [1.807, 2.05) is 30.3 Å². The van der Waals surface area contributed by atoms with E-state index in [2.05, 4.69) is 20.2 Å². The largest absolute Gasteiger partial charge is 0.457 e. The van der Waals surface area contributed by atoms with Crippen LogP contribution in [0.4, 0.5) is 13.2 Å². The van der Waals surface area contributed by atoms with Gasteiger partial charge in [-0.15, -0.1) is 0 Å². The Balaban J connectivity index is 1.07. The highest BCUT2D eigenvalue weighted by molar-refractivity contribution is 7.13. The first kappa shape index (κ1) is 25.9. The minimum Gasteiger partial charge on any atom is -0.457 e. The highest BCUT2D eigenvalue weighted by Crippen LogP contribution is 2.34. The molecule has 1 atom stereocenters. The minimum absolute atomic E-state index is 0.0394. The smallest absolute Gasteiger partial charge is 0.425 e. The molecule has 1 aliphatic carbocycles. The van der Waals surface area contributed by atoms with Gasteiger partial charge in [0.2, 0.25) is 0 Å². The van der Waals surface area contributed by atoms with Gasteiger partial charge in [-0.3, -0.25) is 14.7 Å². The maximum atomic E-state index is 12.9. The molecule has 37 heavy (non-hydrogen) atoms. The van der Waals surface area contributed by atoms with E-state index in [0.717, 1.165) is 80.0 Å². The predicted octanol–water partition coefficient (Wildman–Crippen LogP) is 5.76. The molecule has 0 saturated heterocycles. The van der Waals surface area contributed by atoms with E-state index in [4.69, 9.17) is 4.74 Å². The van der Waals surface area contributed by atoms with Crippen LogP contribution in [0.1, 0.15) is 60.0 Å². The fraction of sp³-hybridized carbons (Fsp3) is 0.519. The Kier molecular flexibility index (Phi) is 7.67. The summed E-state index contributed by atoms with van der Waals surface area (Å²) in [6, 6.07) is 9.59. The van der Waals surface area contributed by atoms with Crippen LogP contribution < -0.4 is 10.1 Å². The van der Waals surface area contributed by atoms with Gasteiger partial charge in [-0.1, -0.05) is 23.5 Å². The number of amides is 1. The topological polar surface area (TPSA) is 67.3 Å². The number of halogens is 3. The van der Waals surface area contributed by atoms with Crippen molar-refractivity contribution in [2.24, 2.45) is 5.92 Å². The fourth-order valence-corrected chi connectivity index (χ4v) is 6.19. The second-order valence-corrected chi connectivity index (χ2v) is 11.1. The van der Waals surface area contributed by atoms with Gasteiger partial charge in [0.15, 0.2) is 6.10 Å². The maximum absolute atomic E-state index is 12.9. The number of nitrogens with one attached hydrogen (secondary N) is 1. The number of pyridine rings is 1. The number of nitrogens with zero attached hydrogens (tertiary/aromatic N) is 3. The normalized spacial score (nSPS) is 21.4. The van der Waals surface area contributed by atoms with Gasteiger partial charge >= 0.3 is 6.18 Å². The first-order valence-corrected chi connectivity index (χ1v) is 13.7. The lowest BCUT2D eigenvalue weighted by atomic mass is 9.84. The molecule has 2 aromatic heterocycles. The molecule has 3 heterocycles. The lowest BCUT2D eigenvalue weighted by Gasteiger charge is -2.32. The van der Waals surface area contributed by atoms with Gasteiger partial charge in [0, 0.05) is 41.2 Å². The number of hydrogen-bond acceptors (Lipinski definition) is 6. The van der Waals surface area contributed by atoms with Crippen molar-refractivity contribution in [1.82, 2.24) is 20.2 Å². The number of hydrogen-bond donors (Lipinski definition) is 1. The molecular weight excluding hydrogens is 501 g/mol. The van der Waals surface area contributed by atoms with Crippen molar-refractivity contribution in [3.63, 3.8) is 0 Å². The maximum Gasteiger partial charge on any atom is 0.425 e. The SMILES string of the molecule is CC(Oc1nc2c(s1)CCN(CCC1CCC(NC(=O)c3cccc4ncccc34)CC1)C2)C(F)(F)F. The Hall–Kier alpha value is -2.72. The average Bonchev–Trinajstić information content (AvgIpc) is 3.29. The number of thiazole rings is 1. The van der Waals surface area contributed by atoms with Crippen LogP contribution in [0.2, 0.25) is 0 Å². The molecule has 1 saturated carbocycles. The molecule has 10 heteroatoms. The van der Waals surface area contributed by atoms with Crippen LogP contribution in [0.5, 0.6) is 5.19 Å². The minimum atomic E-state index is -4.40. The van der Waals surface area contributed by atoms with Crippen LogP contribution in [0.3, 0.4) is 0 Å². The number of ether oxygens (including phenoxy) is 1. The van der Waals surface area contributed by atoms with Crippen molar-refractivity contribution in [3.05, 3.63) is 52.7 Å². The van der Waals surface area contributed by atoms with Crippen LogP contribution in [0, 0.1) is 5.92 Å². The quantitative estimate of drug-likeness (QED) is 0.419. The Labute approximate surface area is 218 Å². The van der Waals surface area contributed by atoms with Crippen LogP contribution >= 0.6 is 11.3 Å². The Morgan fingerprint density at radius 1 is 1.22 bits per heavy atom. The van der Waals surface area contributed by atoms with Gasteiger partial charge < -0.3 is 10.1 Å². The number of rotatable bonds is 7. The number of carbonyl (C=O) groups excluding carboxylic acids is 1. The third-order valence-corrected chi connectivity index (χ3v) is 8.50. The van der Waals surface area contributed by atoms with Crippen molar-refractivity contribution >= 4 is 28.1 Å². The second kappa shape index (κ2) is 10.9. The molecule has 0 bridgehead atoms. The summed E-state index contributed by atoms with van der Waals surface area (Å²) in [7, 11) is 0. The average molecular weight is 533 g/mol. The number of fused-ring (bicyclic) bond motifs is 2. The molecule has 1 amide bonds. The highest BCUT2D eigenvalue weighted by Gasteiger charge is 2.39. The lowest BCUT2D eigenvalue weighted by Crippen LogP contribution is -2.38. The molecule has 0 spiro atoms. The van der Waals surface area contributed by atoms with Crippen LogP contribution in [0.15, 0.2) is 36.5 Å². The molecule has 5 rings (SSSR count). The zero-order valence-electron chi connectivity index (χ0n) is 20.8. The molecule has 1 aliphatic heterocycles. The van der Waals surface area contributed by atoms with Crippen LogP contribution in [-0.4, -0.2) is 52.2 Å². The summed E-state index contributed by atoms with van der Waals surface area (Å²) in [5.74, 6) is 0.570. The zero-order valence-corrected chi connectivity index (χ0v) is 21.6. The monoisotopic (exact) mass is 532 g/mol. The molecule has 2 aliphatic rings. The molecule has 1 unspecified atom stereocenters.